The summed E-state index contributed by atoms with van der Waals surface area (Å²) in [6, 6.07) is 3.46. The van der Waals surface area contributed by atoms with Crippen LogP contribution in [-0.4, -0.2) is 12.6 Å². The summed E-state index contributed by atoms with van der Waals surface area (Å²) in [6.07, 6.45) is -0.0492. The number of benzene rings is 1. The average molecular weight is 246 g/mol. The summed E-state index contributed by atoms with van der Waals surface area (Å²) in [7, 11) is 0. The van der Waals surface area contributed by atoms with E-state index in [1.807, 2.05) is 0 Å². The molecular weight excluding hydrogens is 233 g/mol. The highest BCUT2D eigenvalue weighted by Crippen LogP contribution is 2.21. The van der Waals surface area contributed by atoms with Gasteiger partial charge in [-0.2, -0.15) is 0 Å². The van der Waals surface area contributed by atoms with Crippen LogP contribution in [0.4, 0.5) is 4.39 Å². The van der Waals surface area contributed by atoms with Crippen molar-refractivity contribution in [3.8, 4) is 0 Å². The minimum atomic E-state index is -0.712. The van der Waals surface area contributed by atoms with E-state index in [9.17, 15) is 9.18 Å². The lowest BCUT2D eigenvalue weighted by molar-refractivity contribution is -0.143. The Hall–Kier alpha value is -1.13. The Morgan fingerprint density at radius 3 is 2.88 bits per heavy atom. The standard InChI is InChI=1S/C11H13ClFNO2/c1-2-16-11(15)6-10(14)8-4-3-7(12)5-9(8)13/h3-5,10H,2,6,14H2,1H3/t10-/m0/s1. The van der Waals surface area contributed by atoms with Crippen molar-refractivity contribution in [3.63, 3.8) is 0 Å². The first kappa shape index (κ1) is 12.9. The predicted octanol–water partition coefficient (Wildman–Crippen LogP) is 2.43. The molecule has 5 heteroatoms. The van der Waals surface area contributed by atoms with Crippen molar-refractivity contribution in [2.24, 2.45) is 5.73 Å². The van der Waals surface area contributed by atoms with Gasteiger partial charge < -0.3 is 10.5 Å². The molecule has 0 aromatic heterocycles. The molecule has 0 fully saturated rings. The Balaban J connectivity index is 2.72. The number of rotatable bonds is 4. The summed E-state index contributed by atoms with van der Waals surface area (Å²) >= 11 is 5.60. The summed E-state index contributed by atoms with van der Waals surface area (Å²) in [5.74, 6) is -0.950. The molecule has 0 saturated carbocycles. The van der Waals surface area contributed by atoms with Crippen LogP contribution in [0.2, 0.25) is 5.02 Å². The van der Waals surface area contributed by atoms with Crippen LogP contribution in [0.25, 0.3) is 0 Å². The van der Waals surface area contributed by atoms with Gasteiger partial charge >= 0.3 is 5.97 Å². The molecule has 0 heterocycles. The van der Waals surface area contributed by atoms with Crippen molar-refractivity contribution in [2.45, 2.75) is 19.4 Å². The molecule has 1 aromatic rings. The molecule has 0 aliphatic heterocycles. The van der Waals surface area contributed by atoms with Gasteiger partial charge in [-0.25, -0.2) is 4.39 Å². The summed E-state index contributed by atoms with van der Waals surface area (Å²) < 4.78 is 18.2. The van der Waals surface area contributed by atoms with E-state index in [0.717, 1.165) is 0 Å². The molecule has 0 saturated heterocycles. The fourth-order valence-electron chi connectivity index (χ4n) is 1.31. The van der Waals surface area contributed by atoms with E-state index < -0.39 is 17.8 Å². The monoisotopic (exact) mass is 245 g/mol. The van der Waals surface area contributed by atoms with Gasteiger partial charge in [-0.3, -0.25) is 4.79 Å². The first-order valence-corrected chi connectivity index (χ1v) is 5.28. The molecular formula is C11H13ClFNO2. The van der Waals surface area contributed by atoms with Crippen LogP contribution >= 0.6 is 11.6 Å². The summed E-state index contributed by atoms with van der Waals surface area (Å²) in [6.45, 7) is 1.99. The molecule has 2 N–H and O–H groups in total. The first-order chi connectivity index (χ1) is 7.54. The molecule has 0 aliphatic rings. The van der Waals surface area contributed by atoms with E-state index in [1.54, 1.807) is 6.92 Å². The molecule has 0 unspecified atom stereocenters. The second-order valence-electron chi connectivity index (χ2n) is 3.28. The van der Waals surface area contributed by atoms with E-state index in [2.05, 4.69) is 0 Å². The quantitative estimate of drug-likeness (QED) is 0.829. The fourth-order valence-corrected chi connectivity index (χ4v) is 1.47. The van der Waals surface area contributed by atoms with Crippen molar-refractivity contribution >= 4 is 17.6 Å². The largest absolute Gasteiger partial charge is 0.466 e. The maximum absolute atomic E-state index is 13.4. The number of nitrogens with two attached hydrogens (primary N) is 1. The highest BCUT2D eigenvalue weighted by Gasteiger charge is 2.16. The van der Waals surface area contributed by atoms with E-state index in [-0.39, 0.29) is 18.6 Å². The second kappa shape index (κ2) is 5.82. The molecule has 16 heavy (non-hydrogen) atoms. The van der Waals surface area contributed by atoms with E-state index in [1.165, 1.54) is 18.2 Å². The van der Waals surface area contributed by atoms with Crippen molar-refractivity contribution in [1.82, 2.24) is 0 Å². The first-order valence-electron chi connectivity index (χ1n) is 4.90. The van der Waals surface area contributed by atoms with Crippen LogP contribution < -0.4 is 5.73 Å². The predicted molar refractivity (Wildman–Crippen MR) is 59.6 cm³/mol. The minimum absolute atomic E-state index is 0.0492. The van der Waals surface area contributed by atoms with Gasteiger partial charge in [0.15, 0.2) is 0 Å². The highest BCUT2D eigenvalue weighted by atomic mass is 35.5. The van der Waals surface area contributed by atoms with Crippen molar-refractivity contribution in [3.05, 3.63) is 34.6 Å². The summed E-state index contributed by atoms with van der Waals surface area (Å²) in [5, 5.41) is 0.296. The smallest absolute Gasteiger partial charge is 0.307 e. The van der Waals surface area contributed by atoms with E-state index >= 15 is 0 Å². The third-order valence-corrected chi connectivity index (χ3v) is 2.29. The lowest BCUT2D eigenvalue weighted by atomic mass is 10.0. The van der Waals surface area contributed by atoms with Crippen LogP contribution in [-0.2, 0) is 9.53 Å². The lowest BCUT2D eigenvalue weighted by Gasteiger charge is -2.12. The third-order valence-electron chi connectivity index (χ3n) is 2.05. The van der Waals surface area contributed by atoms with Crippen LogP contribution in [0.15, 0.2) is 18.2 Å². The van der Waals surface area contributed by atoms with Gasteiger partial charge in [0.2, 0.25) is 0 Å². The van der Waals surface area contributed by atoms with Gasteiger partial charge in [0.1, 0.15) is 5.82 Å². The summed E-state index contributed by atoms with van der Waals surface area (Å²) in [5.41, 5.74) is 5.95. The van der Waals surface area contributed by atoms with Gasteiger partial charge in [0.25, 0.3) is 0 Å². The molecule has 1 rings (SSSR count). The second-order valence-corrected chi connectivity index (χ2v) is 3.72. The Morgan fingerprint density at radius 2 is 2.31 bits per heavy atom. The number of hydrogen-bond acceptors (Lipinski definition) is 3. The van der Waals surface area contributed by atoms with Crippen molar-refractivity contribution in [2.75, 3.05) is 6.61 Å². The number of carbonyl (C=O) groups is 1. The zero-order valence-electron chi connectivity index (χ0n) is 8.87. The Bertz CT molecular complexity index is 384. The highest BCUT2D eigenvalue weighted by molar-refractivity contribution is 6.30. The molecule has 0 aliphatic carbocycles. The molecule has 0 amide bonds. The van der Waals surface area contributed by atoms with Crippen LogP contribution in [0.5, 0.6) is 0 Å². The van der Waals surface area contributed by atoms with Crippen molar-refractivity contribution in [1.29, 1.82) is 0 Å². The Kier molecular flexibility index (Phi) is 4.71. The maximum Gasteiger partial charge on any atom is 0.307 e. The van der Waals surface area contributed by atoms with Gasteiger partial charge in [-0.15, -0.1) is 0 Å². The molecule has 1 aromatic carbocycles. The Labute approximate surface area is 98.3 Å². The lowest BCUT2D eigenvalue weighted by Crippen LogP contribution is -2.18. The van der Waals surface area contributed by atoms with Crippen LogP contribution in [0, 0.1) is 5.82 Å². The molecule has 0 spiro atoms. The number of esters is 1. The third kappa shape index (κ3) is 3.47. The van der Waals surface area contributed by atoms with E-state index in [4.69, 9.17) is 22.1 Å². The van der Waals surface area contributed by atoms with Gasteiger partial charge in [-0.1, -0.05) is 17.7 Å². The topological polar surface area (TPSA) is 52.3 Å². The normalized spacial score (nSPS) is 12.2. The van der Waals surface area contributed by atoms with Crippen molar-refractivity contribution < 1.29 is 13.9 Å². The Morgan fingerprint density at radius 1 is 1.62 bits per heavy atom. The van der Waals surface area contributed by atoms with Crippen LogP contribution in [0.3, 0.4) is 0 Å². The van der Waals surface area contributed by atoms with Crippen LogP contribution in [0.1, 0.15) is 24.9 Å². The van der Waals surface area contributed by atoms with Gasteiger partial charge in [-0.05, 0) is 19.1 Å². The minimum Gasteiger partial charge on any atom is -0.466 e. The number of ether oxygens (including phenoxy) is 1. The number of halogens is 2. The number of carbonyl (C=O) groups excluding carboxylic acids is 1. The molecule has 88 valence electrons. The SMILES string of the molecule is CCOC(=O)C[C@H](N)c1ccc(Cl)cc1F. The van der Waals surface area contributed by atoms with Gasteiger partial charge in [0, 0.05) is 16.6 Å². The fraction of sp³-hybridized carbons (Fsp3) is 0.364. The van der Waals surface area contributed by atoms with E-state index in [0.29, 0.717) is 5.02 Å². The molecule has 0 bridgehead atoms. The zero-order valence-corrected chi connectivity index (χ0v) is 9.63. The molecule has 1 atom stereocenters. The molecule has 3 nitrogen and oxygen atoms in total. The van der Waals surface area contributed by atoms with Gasteiger partial charge in [0.05, 0.1) is 13.0 Å². The zero-order chi connectivity index (χ0) is 12.1. The maximum atomic E-state index is 13.4. The summed E-state index contributed by atoms with van der Waals surface area (Å²) in [4.78, 5) is 11.2. The average Bonchev–Trinajstić information content (AvgIpc) is 2.17. The molecule has 0 radical (unpaired) electrons. The number of hydrogen-bond donors (Lipinski definition) is 1.